The van der Waals surface area contributed by atoms with Crippen molar-refractivity contribution in [2.45, 2.75) is 30.8 Å². The molecule has 1 aromatic rings. The molecular formula is C10H15NO2S2. The summed E-state index contributed by atoms with van der Waals surface area (Å²) in [4.78, 5) is 13.0. The van der Waals surface area contributed by atoms with Gasteiger partial charge in [0.05, 0.1) is 11.0 Å². The number of nitrogens with one attached hydrogen (secondary N) is 1. The van der Waals surface area contributed by atoms with Gasteiger partial charge in [0.15, 0.2) is 0 Å². The third-order valence-electron chi connectivity index (χ3n) is 1.89. The molecule has 1 atom stereocenters. The molecule has 1 aromatic heterocycles. The van der Waals surface area contributed by atoms with Crippen LogP contribution >= 0.6 is 24.0 Å². The standard InChI is InChI=1S/C10H15NO2S2/c1-7(12)3-2-4-11-10(13)9-5-8(14)6-15-9/h5-7,12,14H,2-4H2,1H3,(H,11,13). The van der Waals surface area contributed by atoms with Crippen molar-refractivity contribution in [3.63, 3.8) is 0 Å². The van der Waals surface area contributed by atoms with Gasteiger partial charge in [-0.2, -0.15) is 0 Å². The topological polar surface area (TPSA) is 49.3 Å². The van der Waals surface area contributed by atoms with Crippen LogP contribution in [0.2, 0.25) is 0 Å². The Morgan fingerprint density at radius 2 is 2.47 bits per heavy atom. The van der Waals surface area contributed by atoms with E-state index in [2.05, 4.69) is 17.9 Å². The van der Waals surface area contributed by atoms with Gasteiger partial charge in [0.2, 0.25) is 0 Å². The second-order valence-electron chi connectivity index (χ2n) is 3.42. The van der Waals surface area contributed by atoms with E-state index in [1.165, 1.54) is 11.3 Å². The number of aliphatic hydroxyl groups excluding tert-OH is 1. The summed E-state index contributed by atoms with van der Waals surface area (Å²) in [6.45, 7) is 2.35. The maximum Gasteiger partial charge on any atom is 0.261 e. The molecule has 0 saturated heterocycles. The first kappa shape index (κ1) is 12.5. The van der Waals surface area contributed by atoms with Crippen LogP contribution in [0.5, 0.6) is 0 Å². The van der Waals surface area contributed by atoms with E-state index in [1.807, 2.05) is 5.38 Å². The Balaban J connectivity index is 2.25. The van der Waals surface area contributed by atoms with E-state index in [-0.39, 0.29) is 12.0 Å². The highest BCUT2D eigenvalue weighted by atomic mass is 32.1. The predicted octanol–water partition coefficient (Wildman–Crippen LogP) is 1.93. The molecule has 0 aromatic carbocycles. The minimum atomic E-state index is -0.298. The lowest BCUT2D eigenvalue weighted by atomic mass is 10.2. The lowest BCUT2D eigenvalue weighted by Crippen LogP contribution is -2.24. The summed E-state index contributed by atoms with van der Waals surface area (Å²) in [6, 6.07) is 1.75. The monoisotopic (exact) mass is 245 g/mol. The SMILES string of the molecule is CC(O)CCCNC(=O)c1cc(S)cs1. The van der Waals surface area contributed by atoms with E-state index in [1.54, 1.807) is 13.0 Å². The van der Waals surface area contributed by atoms with Crippen molar-refractivity contribution in [1.29, 1.82) is 0 Å². The second kappa shape index (κ2) is 6.15. The van der Waals surface area contributed by atoms with Gasteiger partial charge in [-0.25, -0.2) is 0 Å². The third kappa shape index (κ3) is 4.68. The largest absolute Gasteiger partial charge is 0.393 e. The van der Waals surface area contributed by atoms with Crippen LogP contribution in [0.25, 0.3) is 0 Å². The van der Waals surface area contributed by atoms with Gasteiger partial charge in [0, 0.05) is 16.8 Å². The normalized spacial score (nSPS) is 12.5. The Morgan fingerprint density at radius 3 is 3.00 bits per heavy atom. The van der Waals surface area contributed by atoms with Crippen LogP contribution in [0.1, 0.15) is 29.4 Å². The Bertz CT molecular complexity index is 323. The molecule has 0 saturated carbocycles. The fraction of sp³-hybridized carbons (Fsp3) is 0.500. The number of carbonyl (C=O) groups excluding carboxylic acids is 1. The quantitative estimate of drug-likeness (QED) is 0.548. The van der Waals surface area contributed by atoms with Crippen molar-refractivity contribution in [1.82, 2.24) is 5.32 Å². The molecule has 0 aliphatic heterocycles. The molecule has 0 bridgehead atoms. The Hall–Kier alpha value is -0.520. The predicted molar refractivity (Wildman–Crippen MR) is 64.8 cm³/mol. The lowest BCUT2D eigenvalue weighted by Gasteiger charge is -2.04. The molecule has 0 fully saturated rings. The summed E-state index contributed by atoms with van der Waals surface area (Å²) in [6.07, 6.45) is 1.21. The highest BCUT2D eigenvalue weighted by molar-refractivity contribution is 7.80. The number of carbonyl (C=O) groups is 1. The van der Waals surface area contributed by atoms with E-state index in [4.69, 9.17) is 5.11 Å². The highest BCUT2D eigenvalue weighted by Gasteiger charge is 2.07. The molecule has 1 heterocycles. The Kier molecular flexibility index (Phi) is 5.14. The fourth-order valence-corrected chi connectivity index (χ4v) is 2.20. The number of hydrogen-bond donors (Lipinski definition) is 3. The van der Waals surface area contributed by atoms with Crippen LogP contribution in [0.15, 0.2) is 16.3 Å². The zero-order valence-electron chi connectivity index (χ0n) is 8.56. The van der Waals surface area contributed by atoms with Crippen LogP contribution in [0, 0.1) is 0 Å². The molecule has 2 N–H and O–H groups in total. The van der Waals surface area contributed by atoms with Crippen LogP contribution in [0.3, 0.4) is 0 Å². The molecule has 0 spiro atoms. The number of thiol groups is 1. The Morgan fingerprint density at radius 1 is 1.73 bits per heavy atom. The van der Waals surface area contributed by atoms with Gasteiger partial charge < -0.3 is 10.4 Å². The minimum absolute atomic E-state index is 0.0640. The lowest BCUT2D eigenvalue weighted by molar-refractivity contribution is 0.0953. The molecule has 0 aliphatic rings. The van der Waals surface area contributed by atoms with E-state index in [0.717, 1.165) is 11.3 Å². The molecule has 0 aliphatic carbocycles. The summed E-state index contributed by atoms with van der Waals surface area (Å²) >= 11 is 5.52. The van der Waals surface area contributed by atoms with E-state index < -0.39 is 0 Å². The van der Waals surface area contributed by atoms with Crippen LogP contribution < -0.4 is 5.32 Å². The third-order valence-corrected chi connectivity index (χ3v) is 3.26. The van der Waals surface area contributed by atoms with Gasteiger partial charge in [-0.1, -0.05) is 0 Å². The molecule has 1 unspecified atom stereocenters. The molecule has 5 heteroatoms. The van der Waals surface area contributed by atoms with Crippen LogP contribution in [-0.4, -0.2) is 23.7 Å². The van der Waals surface area contributed by atoms with Crippen LogP contribution in [0.4, 0.5) is 0 Å². The zero-order chi connectivity index (χ0) is 11.3. The number of aliphatic hydroxyl groups is 1. The second-order valence-corrected chi connectivity index (χ2v) is 4.84. The van der Waals surface area contributed by atoms with Crippen molar-refractivity contribution in [3.05, 3.63) is 16.3 Å². The van der Waals surface area contributed by atoms with E-state index >= 15 is 0 Å². The van der Waals surface area contributed by atoms with Crippen molar-refractivity contribution >= 4 is 29.9 Å². The summed E-state index contributed by atoms with van der Waals surface area (Å²) in [5, 5.41) is 13.6. The number of rotatable bonds is 5. The van der Waals surface area contributed by atoms with Gasteiger partial charge in [0.25, 0.3) is 5.91 Å². The average molecular weight is 245 g/mol. The molecule has 1 amide bonds. The van der Waals surface area contributed by atoms with Crippen molar-refractivity contribution in [3.8, 4) is 0 Å². The molecule has 15 heavy (non-hydrogen) atoms. The maximum absolute atomic E-state index is 11.5. The van der Waals surface area contributed by atoms with Crippen molar-refractivity contribution < 1.29 is 9.90 Å². The van der Waals surface area contributed by atoms with Gasteiger partial charge in [-0.3, -0.25) is 4.79 Å². The summed E-state index contributed by atoms with van der Waals surface area (Å²) in [5.41, 5.74) is 0. The van der Waals surface area contributed by atoms with Crippen molar-refractivity contribution in [2.75, 3.05) is 6.54 Å². The summed E-state index contributed by atoms with van der Waals surface area (Å²) in [7, 11) is 0. The first-order valence-corrected chi connectivity index (χ1v) is 6.16. The van der Waals surface area contributed by atoms with Gasteiger partial charge in [0.1, 0.15) is 0 Å². The Labute approximate surface area is 98.9 Å². The molecule has 1 rings (SSSR count). The number of thiophene rings is 1. The fourth-order valence-electron chi connectivity index (χ4n) is 1.13. The number of hydrogen-bond acceptors (Lipinski definition) is 4. The maximum atomic E-state index is 11.5. The molecule has 3 nitrogen and oxygen atoms in total. The first-order chi connectivity index (χ1) is 7.09. The van der Waals surface area contributed by atoms with Gasteiger partial charge in [-0.05, 0) is 25.8 Å². The number of amides is 1. The molecule has 0 radical (unpaired) electrons. The summed E-state index contributed by atoms with van der Waals surface area (Å²) < 4.78 is 0. The first-order valence-electron chi connectivity index (χ1n) is 4.83. The van der Waals surface area contributed by atoms with Gasteiger partial charge in [-0.15, -0.1) is 24.0 Å². The van der Waals surface area contributed by atoms with E-state index in [0.29, 0.717) is 17.8 Å². The van der Waals surface area contributed by atoms with Crippen molar-refractivity contribution in [2.24, 2.45) is 0 Å². The zero-order valence-corrected chi connectivity index (χ0v) is 10.3. The average Bonchev–Trinajstić information content (AvgIpc) is 2.59. The van der Waals surface area contributed by atoms with Crippen LogP contribution in [-0.2, 0) is 0 Å². The molecule has 84 valence electrons. The minimum Gasteiger partial charge on any atom is -0.393 e. The summed E-state index contributed by atoms with van der Waals surface area (Å²) in [5.74, 6) is -0.0640. The molecular weight excluding hydrogens is 230 g/mol. The van der Waals surface area contributed by atoms with E-state index in [9.17, 15) is 4.79 Å². The highest BCUT2D eigenvalue weighted by Crippen LogP contribution is 2.17. The smallest absolute Gasteiger partial charge is 0.261 e. The van der Waals surface area contributed by atoms with Gasteiger partial charge >= 0.3 is 0 Å².